The molecule has 4 aromatic carbocycles. The fourth-order valence-electron chi connectivity index (χ4n) is 5.86. The molecule has 1 saturated heterocycles. The Hall–Kier alpha value is -4.61. The highest BCUT2D eigenvalue weighted by atomic mass is 16.5. The summed E-state index contributed by atoms with van der Waals surface area (Å²) >= 11 is 0. The van der Waals surface area contributed by atoms with Gasteiger partial charge in [-0.15, -0.1) is 0 Å². The monoisotopic (exact) mass is 555 g/mol. The zero-order chi connectivity index (χ0) is 28.7. The van der Waals surface area contributed by atoms with E-state index in [9.17, 15) is 4.79 Å². The Morgan fingerprint density at radius 2 is 1.50 bits per heavy atom. The Balaban J connectivity index is 1.19. The molecule has 5 heteroatoms. The molecular formula is C37H37N3O2. The molecule has 42 heavy (non-hydrogen) atoms. The van der Waals surface area contributed by atoms with Gasteiger partial charge in [-0.1, -0.05) is 91.0 Å². The van der Waals surface area contributed by atoms with Crippen molar-refractivity contribution in [3.63, 3.8) is 0 Å². The number of carbonyl (C=O) groups is 1. The van der Waals surface area contributed by atoms with Gasteiger partial charge >= 0.3 is 0 Å². The van der Waals surface area contributed by atoms with Crippen LogP contribution in [0.25, 0.3) is 17.0 Å². The summed E-state index contributed by atoms with van der Waals surface area (Å²) in [7, 11) is 2.07. The molecule has 5 nitrogen and oxygen atoms in total. The molecule has 1 aromatic heterocycles. The molecule has 1 aliphatic heterocycles. The first kappa shape index (κ1) is 27.6. The van der Waals surface area contributed by atoms with Crippen molar-refractivity contribution < 1.29 is 9.53 Å². The van der Waals surface area contributed by atoms with E-state index < -0.39 is 0 Å². The van der Waals surface area contributed by atoms with Crippen molar-refractivity contribution in [3.8, 4) is 11.5 Å². The lowest BCUT2D eigenvalue weighted by atomic mass is 9.87. The summed E-state index contributed by atoms with van der Waals surface area (Å²) in [4.78, 5) is 18.3. The van der Waals surface area contributed by atoms with Crippen molar-refractivity contribution in [2.75, 3.05) is 32.7 Å². The highest BCUT2D eigenvalue weighted by molar-refractivity contribution is 5.86. The summed E-state index contributed by atoms with van der Waals surface area (Å²) in [6.45, 7) is 4.15. The van der Waals surface area contributed by atoms with E-state index in [1.165, 1.54) is 22.0 Å². The predicted molar refractivity (Wildman–Crippen MR) is 171 cm³/mol. The maximum absolute atomic E-state index is 13.8. The Kier molecular flexibility index (Phi) is 8.48. The molecule has 1 unspecified atom stereocenters. The van der Waals surface area contributed by atoms with E-state index in [2.05, 4.69) is 95.5 Å². The summed E-state index contributed by atoms with van der Waals surface area (Å²) in [5.41, 5.74) is 4.63. The number of carbonyl (C=O) groups excluding carboxylic acids is 1. The topological polar surface area (TPSA) is 37.7 Å². The number of piperazine rings is 1. The number of nitrogens with zero attached hydrogens (tertiary/aromatic N) is 3. The van der Waals surface area contributed by atoms with Crippen molar-refractivity contribution >= 4 is 22.9 Å². The number of benzene rings is 4. The normalized spacial score (nSPS) is 14.8. The minimum absolute atomic E-state index is 0.0882. The number of rotatable bonds is 9. The summed E-state index contributed by atoms with van der Waals surface area (Å²) in [6, 6.07) is 36.8. The van der Waals surface area contributed by atoms with E-state index in [0.29, 0.717) is 6.42 Å². The molecule has 6 rings (SSSR count). The average molecular weight is 556 g/mol. The van der Waals surface area contributed by atoms with Gasteiger partial charge in [-0.3, -0.25) is 9.69 Å². The van der Waals surface area contributed by atoms with E-state index in [1.54, 1.807) is 0 Å². The van der Waals surface area contributed by atoms with Crippen LogP contribution in [0.2, 0.25) is 0 Å². The summed E-state index contributed by atoms with van der Waals surface area (Å²) in [6.07, 6.45) is 6.98. The number of para-hydroxylation sites is 2. The molecule has 1 atom stereocenters. The van der Waals surface area contributed by atoms with Gasteiger partial charge in [0.05, 0.1) is 0 Å². The highest BCUT2D eigenvalue weighted by Gasteiger charge is 2.27. The van der Waals surface area contributed by atoms with E-state index in [0.717, 1.165) is 49.8 Å². The van der Waals surface area contributed by atoms with Gasteiger partial charge in [-0.05, 0) is 47.0 Å². The van der Waals surface area contributed by atoms with Crippen molar-refractivity contribution in [1.82, 2.24) is 14.4 Å². The zero-order valence-electron chi connectivity index (χ0n) is 24.1. The predicted octanol–water partition coefficient (Wildman–Crippen LogP) is 7.35. The van der Waals surface area contributed by atoms with Gasteiger partial charge in [0.2, 0.25) is 5.91 Å². The molecule has 0 aliphatic carbocycles. The van der Waals surface area contributed by atoms with Crippen LogP contribution in [0.1, 0.15) is 29.0 Å². The fraction of sp³-hybridized carbons (Fsp3) is 0.216. The maximum atomic E-state index is 13.8. The van der Waals surface area contributed by atoms with Gasteiger partial charge in [-0.2, -0.15) is 0 Å². The molecule has 0 saturated carbocycles. The smallest absolute Gasteiger partial charge is 0.223 e. The SMILES string of the molecule is Cn1cc(C(CC(=O)N2CCN(CC=Cc3ccccc3)CC2)c2cccc(Oc3ccccc3)c2)c2ccccc21. The Labute approximate surface area is 248 Å². The molecule has 0 N–H and O–H groups in total. The lowest BCUT2D eigenvalue weighted by Crippen LogP contribution is -2.48. The van der Waals surface area contributed by atoms with Crippen molar-refractivity contribution in [3.05, 3.63) is 138 Å². The minimum atomic E-state index is -0.0882. The first-order valence-electron chi connectivity index (χ1n) is 14.7. The summed E-state index contributed by atoms with van der Waals surface area (Å²) < 4.78 is 8.34. The fourth-order valence-corrected chi connectivity index (χ4v) is 5.86. The molecular weight excluding hydrogens is 518 g/mol. The highest BCUT2D eigenvalue weighted by Crippen LogP contribution is 2.37. The van der Waals surface area contributed by atoms with Crippen molar-refractivity contribution in [2.24, 2.45) is 7.05 Å². The molecule has 1 fully saturated rings. The third-order valence-corrected chi connectivity index (χ3v) is 8.12. The summed E-state index contributed by atoms with van der Waals surface area (Å²) in [5, 5.41) is 1.18. The van der Waals surface area contributed by atoms with Gasteiger partial charge in [0.15, 0.2) is 0 Å². The van der Waals surface area contributed by atoms with Crippen molar-refractivity contribution in [1.29, 1.82) is 0 Å². The standard InChI is InChI=1S/C37H37N3O2/c1-38-28-35(33-19-8-9-20-36(33)38)34(30-15-10-18-32(26-30)42-31-16-6-3-7-17-31)27-37(41)40-24-22-39(23-25-40)21-11-14-29-12-4-2-5-13-29/h2-20,26,28,34H,21-25,27H2,1H3. The van der Waals surface area contributed by atoms with Gasteiger partial charge in [0, 0.05) is 69.2 Å². The van der Waals surface area contributed by atoms with Crippen LogP contribution in [0.5, 0.6) is 11.5 Å². The van der Waals surface area contributed by atoms with Crippen molar-refractivity contribution in [2.45, 2.75) is 12.3 Å². The number of amides is 1. The van der Waals surface area contributed by atoms with Crippen LogP contribution < -0.4 is 4.74 Å². The molecule has 1 amide bonds. The van der Waals surface area contributed by atoms with Gasteiger partial charge in [0.25, 0.3) is 0 Å². The van der Waals surface area contributed by atoms with Crippen LogP contribution >= 0.6 is 0 Å². The lowest BCUT2D eigenvalue weighted by Gasteiger charge is -2.35. The Morgan fingerprint density at radius 1 is 0.810 bits per heavy atom. The van der Waals surface area contributed by atoms with Crippen LogP contribution in [-0.2, 0) is 11.8 Å². The van der Waals surface area contributed by atoms with E-state index in [-0.39, 0.29) is 11.8 Å². The average Bonchev–Trinajstić information content (AvgIpc) is 3.37. The van der Waals surface area contributed by atoms with Crippen LogP contribution in [0.15, 0.2) is 121 Å². The molecule has 1 aliphatic rings. The minimum Gasteiger partial charge on any atom is -0.457 e. The first-order chi connectivity index (χ1) is 20.6. The largest absolute Gasteiger partial charge is 0.457 e. The maximum Gasteiger partial charge on any atom is 0.223 e. The molecule has 0 radical (unpaired) electrons. The number of aryl methyl sites for hydroxylation is 1. The third kappa shape index (κ3) is 6.48. The van der Waals surface area contributed by atoms with Crippen LogP contribution in [0, 0.1) is 0 Å². The first-order valence-corrected chi connectivity index (χ1v) is 14.7. The Morgan fingerprint density at radius 3 is 2.29 bits per heavy atom. The van der Waals surface area contributed by atoms with E-state index in [1.807, 2.05) is 53.4 Å². The van der Waals surface area contributed by atoms with E-state index in [4.69, 9.17) is 4.74 Å². The van der Waals surface area contributed by atoms with Crippen LogP contribution in [0.3, 0.4) is 0 Å². The number of fused-ring (bicyclic) bond motifs is 1. The molecule has 212 valence electrons. The van der Waals surface area contributed by atoms with E-state index >= 15 is 0 Å². The molecule has 2 heterocycles. The molecule has 0 bridgehead atoms. The molecule has 5 aromatic rings. The van der Waals surface area contributed by atoms with Gasteiger partial charge < -0.3 is 14.2 Å². The number of aromatic nitrogens is 1. The number of ether oxygens (including phenoxy) is 1. The van der Waals surface area contributed by atoms with Gasteiger partial charge in [0.1, 0.15) is 11.5 Å². The van der Waals surface area contributed by atoms with Gasteiger partial charge in [-0.25, -0.2) is 0 Å². The lowest BCUT2D eigenvalue weighted by molar-refractivity contribution is -0.133. The summed E-state index contributed by atoms with van der Waals surface area (Å²) in [5.74, 6) is 1.68. The third-order valence-electron chi connectivity index (χ3n) is 8.12. The number of hydrogen-bond acceptors (Lipinski definition) is 3. The quantitative estimate of drug-likeness (QED) is 0.191. The second-order valence-corrected chi connectivity index (χ2v) is 11.0. The van der Waals surface area contributed by atoms with Crippen LogP contribution in [0.4, 0.5) is 0 Å². The Bertz CT molecular complexity index is 1650. The number of hydrogen-bond donors (Lipinski definition) is 0. The zero-order valence-corrected chi connectivity index (χ0v) is 24.1. The molecule has 0 spiro atoms. The second-order valence-electron chi connectivity index (χ2n) is 11.0. The second kappa shape index (κ2) is 12.9. The van der Waals surface area contributed by atoms with Crippen LogP contribution in [-0.4, -0.2) is 53.0 Å².